The number of anilines is 2. The molecule has 0 radical (unpaired) electrons. The summed E-state index contributed by atoms with van der Waals surface area (Å²) in [5.74, 6) is -0.109. The maximum atomic E-state index is 12.2. The molecule has 1 N–H and O–H groups in total. The minimum Gasteiger partial charge on any atom is -0.372 e. The fourth-order valence-electron chi connectivity index (χ4n) is 3.61. The second-order valence-electron chi connectivity index (χ2n) is 7.40. The highest BCUT2D eigenvalue weighted by atomic mass is 16.2. The standard InChI is InChI=1S/C23H29N3O2/c1-18-6-5-7-20(16-18)17-24-23(28)12-15-26(19(2)27)22-10-8-21(9-11-22)25-13-3-4-14-25/h5-11,16H,3-4,12-15,17H2,1-2H3,(H,24,28). The van der Waals surface area contributed by atoms with Crippen molar-refractivity contribution >= 4 is 23.2 Å². The van der Waals surface area contributed by atoms with Gasteiger partial charge in [-0.1, -0.05) is 29.8 Å². The molecule has 0 saturated carbocycles. The van der Waals surface area contributed by atoms with Crippen LogP contribution in [0.3, 0.4) is 0 Å². The van der Waals surface area contributed by atoms with Crippen LogP contribution in [0.1, 0.15) is 37.3 Å². The summed E-state index contributed by atoms with van der Waals surface area (Å²) >= 11 is 0. The van der Waals surface area contributed by atoms with Gasteiger partial charge in [0.05, 0.1) is 0 Å². The largest absolute Gasteiger partial charge is 0.372 e. The molecular formula is C23H29N3O2. The molecule has 0 aliphatic carbocycles. The number of carbonyl (C=O) groups is 2. The Labute approximate surface area is 167 Å². The van der Waals surface area contributed by atoms with Gasteiger partial charge in [-0.15, -0.1) is 0 Å². The van der Waals surface area contributed by atoms with Crippen LogP contribution in [-0.4, -0.2) is 31.4 Å². The fraction of sp³-hybridized carbons (Fsp3) is 0.391. The third kappa shape index (κ3) is 5.35. The topological polar surface area (TPSA) is 52.7 Å². The summed E-state index contributed by atoms with van der Waals surface area (Å²) in [6.45, 7) is 6.64. The van der Waals surface area contributed by atoms with E-state index in [9.17, 15) is 9.59 Å². The zero-order valence-corrected chi connectivity index (χ0v) is 16.8. The molecule has 2 amide bonds. The Kier molecular flexibility index (Phi) is 6.69. The van der Waals surface area contributed by atoms with Crippen molar-refractivity contribution < 1.29 is 9.59 Å². The summed E-state index contributed by atoms with van der Waals surface area (Å²) in [5.41, 5.74) is 4.28. The maximum Gasteiger partial charge on any atom is 0.223 e. The molecule has 1 fully saturated rings. The van der Waals surface area contributed by atoms with Crippen LogP contribution in [0, 0.1) is 6.92 Å². The lowest BCUT2D eigenvalue weighted by atomic mass is 10.1. The average Bonchev–Trinajstić information content (AvgIpc) is 3.22. The van der Waals surface area contributed by atoms with Crippen molar-refractivity contribution in [2.45, 2.75) is 39.7 Å². The maximum absolute atomic E-state index is 12.2. The van der Waals surface area contributed by atoms with Crippen LogP contribution in [0.15, 0.2) is 48.5 Å². The van der Waals surface area contributed by atoms with E-state index < -0.39 is 0 Å². The van der Waals surface area contributed by atoms with Gasteiger partial charge < -0.3 is 15.1 Å². The number of hydrogen-bond acceptors (Lipinski definition) is 3. The number of amides is 2. The van der Waals surface area contributed by atoms with Crippen LogP contribution in [0.5, 0.6) is 0 Å². The molecule has 0 unspecified atom stereocenters. The molecule has 2 aromatic carbocycles. The van der Waals surface area contributed by atoms with Gasteiger partial charge in [-0.3, -0.25) is 9.59 Å². The van der Waals surface area contributed by atoms with Crippen molar-refractivity contribution in [1.29, 1.82) is 0 Å². The Morgan fingerprint density at radius 3 is 2.43 bits per heavy atom. The van der Waals surface area contributed by atoms with Gasteiger partial charge in [0.1, 0.15) is 0 Å². The molecule has 2 aromatic rings. The quantitative estimate of drug-likeness (QED) is 0.799. The van der Waals surface area contributed by atoms with E-state index in [1.54, 1.807) is 11.8 Å². The van der Waals surface area contributed by atoms with Gasteiger partial charge in [-0.25, -0.2) is 0 Å². The number of benzene rings is 2. The molecule has 1 aliphatic rings. The van der Waals surface area contributed by atoms with Crippen molar-refractivity contribution in [1.82, 2.24) is 5.32 Å². The van der Waals surface area contributed by atoms with Crippen molar-refractivity contribution in [2.75, 3.05) is 29.4 Å². The lowest BCUT2D eigenvalue weighted by molar-refractivity contribution is -0.121. The van der Waals surface area contributed by atoms with Crippen LogP contribution in [0.25, 0.3) is 0 Å². The lowest BCUT2D eigenvalue weighted by Crippen LogP contribution is -2.33. The first-order valence-electron chi connectivity index (χ1n) is 9.98. The summed E-state index contributed by atoms with van der Waals surface area (Å²) in [6, 6.07) is 16.1. The SMILES string of the molecule is CC(=O)N(CCC(=O)NCc1cccc(C)c1)c1ccc(N2CCCC2)cc1. The van der Waals surface area contributed by atoms with Crippen molar-refractivity contribution in [2.24, 2.45) is 0 Å². The molecule has 5 heteroatoms. The minimum absolute atomic E-state index is 0.0542. The van der Waals surface area contributed by atoms with E-state index in [1.165, 1.54) is 24.1 Å². The van der Waals surface area contributed by atoms with Crippen LogP contribution in [-0.2, 0) is 16.1 Å². The van der Waals surface area contributed by atoms with Crippen molar-refractivity contribution in [3.8, 4) is 0 Å². The lowest BCUT2D eigenvalue weighted by Gasteiger charge is -2.23. The molecule has 0 bridgehead atoms. The molecule has 1 aliphatic heterocycles. The number of hydrogen-bond donors (Lipinski definition) is 1. The van der Waals surface area contributed by atoms with E-state index in [4.69, 9.17) is 0 Å². The van der Waals surface area contributed by atoms with Crippen LogP contribution in [0.2, 0.25) is 0 Å². The molecule has 148 valence electrons. The molecule has 5 nitrogen and oxygen atoms in total. The molecule has 3 rings (SSSR count). The van der Waals surface area contributed by atoms with E-state index >= 15 is 0 Å². The van der Waals surface area contributed by atoms with Gasteiger partial charge in [0.25, 0.3) is 0 Å². The van der Waals surface area contributed by atoms with E-state index in [0.717, 1.165) is 24.3 Å². The highest BCUT2D eigenvalue weighted by Gasteiger charge is 2.16. The zero-order valence-electron chi connectivity index (χ0n) is 16.8. The van der Waals surface area contributed by atoms with E-state index in [-0.39, 0.29) is 18.2 Å². The Balaban J connectivity index is 1.54. The van der Waals surface area contributed by atoms with Gasteiger partial charge in [0.15, 0.2) is 0 Å². The van der Waals surface area contributed by atoms with E-state index in [1.807, 2.05) is 37.3 Å². The first kappa shape index (κ1) is 19.9. The molecule has 0 atom stereocenters. The smallest absolute Gasteiger partial charge is 0.223 e. The highest BCUT2D eigenvalue weighted by molar-refractivity contribution is 5.92. The van der Waals surface area contributed by atoms with Crippen LogP contribution < -0.4 is 15.1 Å². The highest BCUT2D eigenvalue weighted by Crippen LogP contribution is 2.24. The van der Waals surface area contributed by atoms with Crippen LogP contribution in [0.4, 0.5) is 11.4 Å². The van der Waals surface area contributed by atoms with Gasteiger partial charge in [0, 0.05) is 50.9 Å². The molecule has 1 heterocycles. The molecule has 0 aromatic heterocycles. The molecule has 1 saturated heterocycles. The van der Waals surface area contributed by atoms with E-state index in [2.05, 4.69) is 28.4 Å². The third-order valence-corrected chi connectivity index (χ3v) is 5.15. The normalized spacial score (nSPS) is 13.4. The van der Waals surface area contributed by atoms with Gasteiger partial charge in [-0.2, -0.15) is 0 Å². The van der Waals surface area contributed by atoms with Crippen LogP contribution >= 0.6 is 0 Å². The summed E-state index contributed by atoms with van der Waals surface area (Å²) in [4.78, 5) is 28.4. The van der Waals surface area contributed by atoms with Crippen molar-refractivity contribution in [3.63, 3.8) is 0 Å². The summed E-state index contributed by atoms with van der Waals surface area (Å²) in [5, 5.41) is 2.93. The van der Waals surface area contributed by atoms with Gasteiger partial charge in [-0.05, 0) is 49.6 Å². The molecular weight excluding hydrogens is 350 g/mol. The number of rotatable bonds is 7. The predicted octanol–water partition coefficient (Wildman–Crippen LogP) is 3.65. The third-order valence-electron chi connectivity index (χ3n) is 5.15. The first-order valence-corrected chi connectivity index (χ1v) is 9.98. The first-order chi connectivity index (χ1) is 13.5. The zero-order chi connectivity index (χ0) is 19.9. The minimum atomic E-state index is -0.0552. The average molecular weight is 380 g/mol. The summed E-state index contributed by atoms with van der Waals surface area (Å²) in [6.07, 6.45) is 2.75. The Morgan fingerprint density at radius 1 is 1.07 bits per heavy atom. The number of carbonyl (C=O) groups excluding carboxylic acids is 2. The summed E-state index contributed by atoms with van der Waals surface area (Å²) in [7, 11) is 0. The van der Waals surface area contributed by atoms with Crippen molar-refractivity contribution in [3.05, 3.63) is 59.7 Å². The Bertz CT molecular complexity index is 811. The number of nitrogens with zero attached hydrogens (tertiary/aromatic N) is 2. The van der Waals surface area contributed by atoms with E-state index in [0.29, 0.717) is 13.1 Å². The van der Waals surface area contributed by atoms with Gasteiger partial charge >= 0.3 is 0 Å². The second-order valence-corrected chi connectivity index (χ2v) is 7.40. The monoisotopic (exact) mass is 379 g/mol. The fourth-order valence-corrected chi connectivity index (χ4v) is 3.61. The number of nitrogens with one attached hydrogen (secondary N) is 1. The second kappa shape index (κ2) is 9.40. The number of aryl methyl sites for hydroxylation is 1. The Hall–Kier alpha value is -2.82. The Morgan fingerprint density at radius 2 is 1.79 bits per heavy atom. The molecule has 28 heavy (non-hydrogen) atoms. The summed E-state index contributed by atoms with van der Waals surface area (Å²) < 4.78 is 0. The molecule has 0 spiro atoms. The predicted molar refractivity (Wildman–Crippen MR) is 114 cm³/mol. The van der Waals surface area contributed by atoms with Gasteiger partial charge in [0.2, 0.25) is 11.8 Å².